The summed E-state index contributed by atoms with van der Waals surface area (Å²) in [5.74, 6) is -0.237. The number of likely N-dealkylation sites (N-methyl/N-ethyl adjacent to an activating group) is 2. The molecule has 94 valence electrons. The van der Waals surface area contributed by atoms with Gasteiger partial charge < -0.3 is 4.90 Å². The number of urea groups is 1. The molecule has 0 saturated carbocycles. The topological polar surface area (TPSA) is 56.2 Å². The van der Waals surface area contributed by atoms with Crippen LogP contribution in [0, 0.1) is 0 Å². The number of hydrogen-bond acceptors (Lipinski definition) is 4. The Balaban J connectivity index is 2.60. The molecule has 1 fully saturated rings. The van der Waals surface area contributed by atoms with Crippen molar-refractivity contribution in [3.8, 4) is 0 Å². The van der Waals surface area contributed by atoms with Crippen LogP contribution in [0.25, 0.3) is 0 Å². The van der Waals surface area contributed by atoms with Crippen LogP contribution in [0.2, 0.25) is 0 Å². The van der Waals surface area contributed by atoms with Crippen LogP contribution in [-0.4, -0.2) is 58.8 Å². The van der Waals surface area contributed by atoms with E-state index in [2.05, 4.69) is 72.8 Å². The summed E-state index contributed by atoms with van der Waals surface area (Å²) in [5.41, 5.74) is 0. The predicted molar refractivity (Wildman–Crippen MR) is 88.6 cm³/mol. The lowest BCUT2D eigenvalue weighted by atomic mass is 10.1. The third kappa shape index (κ3) is 1.56. The first kappa shape index (κ1) is 14.0. The summed E-state index contributed by atoms with van der Waals surface area (Å²) in [6.45, 7) is 0. The lowest BCUT2D eigenvalue weighted by Crippen LogP contribution is -2.73. The maximum atomic E-state index is 12.4. The molecular weight excluding hydrogens is 565 g/mol. The summed E-state index contributed by atoms with van der Waals surface area (Å²) < 4.78 is -1.27. The molecule has 6 nitrogen and oxygen atoms in total. The number of alkyl halides is 3. The zero-order valence-electron chi connectivity index (χ0n) is 9.02. The van der Waals surface area contributed by atoms with E-state index in [1.54, 1.807) is 23.2 Å². The van der Waals surface area contributed by atoms with Crippen molar-refractivity contribution in [2.75, 3.05) is 18.6 Å². The Morgan fingerprint density at radius 2 is 1.94 bits per heavy atom. The number of fused-ring (bicyclic) bond motifs is 1. The molecule has 2 atom stereocenters. The van der Waals surface area contributed by atoms with Gasteiger partial charge in [-0.1, -0.05) is 22.6 Å². The second-order valence-electron chi connectivity index (χ2n) is 3.76. The van der Waals surface area contributed by atoms with E-state index in [0.717, 1.165) is 4.90 Å². The van der Waals surface area contributed by atoms with Crippen molar-refractivity contribution in [2.24, 2.45) is 4.99 Å². The first-order chi connectivity index (χ1) is 7.80. The van der Waals surface area contributed by atoms with Crippen LogP contribution in [0.4, 0.5) is 4.79 Å². The van der Waals surface area contributed by atoms with E-state index in [1.165, 1.54) is 7.05 Å². The normalized spacial score (nSPS) is 36.9. The highest BCUT2D eigenvalue weighted by Gasteiger charge is 2.68. The van der Waals surface area contributed by atoms with E-state index < -0.39 is 7.22 Å². The van der Waals surface area contributed by atoms with E-state index in [0.29, 0.717) is 4.55 Å². The summed E-state index contributed by atoms with van der Waals surface area (Å²) in [6.07, 6.45) is 1.61. The fourth-order valence-corrected chi connectivity index (χ4v) is 5.30. The van der Waals surface area contributed by atoms with E-state index >= 15 is 0 Å². The highest BCUT2D eigenvalue weighted by molar-refractivity contribution is 14.1. The second-order valence-corrected chi connectivity index (χ2v) is 7.51. The summed E-state index contributed by atoms with van der Waals surface area (Å²) >= 11 is 6.27. The number of imide groups is 1. The third-order valence-corrected chi connectivity index (χ3v) is 8.22. The van der Waals surface area contributed by atoms with Gasteiger partial charge in [0, 0.05) is 14.1 Å². The molecule has 0 aromatic carbocycles. The fourth-order valence-electron chi connectivity index (χ4n) is 1.84. The molecule has 0 aliphatic carbocycles. The average molecular weight is 574 g/mol. The molecule has 0 aromatic heterocycles. The molecule has 0 spiro atoms. The van der Waals surface area contributed by atoms with E-state index in [4.69, 9.17) is 0 Å². The second kappa shape index (κ2) is 4.31. The average Bonchev–Trinajstić information content (AvgIpc) is 2.53. The summed E-state index contributed by atoms with van der Waals surface area (Å²) in [4.78, 5) is 33.3. The van der Waals surface area contributed by atoms with Crippen LogP contribution in [0.5, 0.6) is 0 Å². The van der Waals surface area contributed by atoms with Gasteiger partial charge in [-0.05, 0) is 45.2 Å². The lowest BCUT2D eigenvalue weighted by Gasteiger charge is -2.50. The largest absolute Gasteiger partial charge is 0.339 e. The van der Waals surface area contributed by atoms with Crippen LogP contribution in [-0.2, 0) is 4.79 Å². The van der Waals surface area contributed by atoms with Gasteiger partial charge in [0.25, 0.3) is 5.91 Å². The van der Waals surface area contributed by atoms with Crippen LogP contribution in [0.3, 0.4) is 0 Å². The summed E-state index contributed by atoms with van der Waals surface area (Å²) in [7, 11) is 3.30. The molecule has 17 heavy (non-hydrogen) atoms. The Morgan fingerprint density at radius 1 is 1.35 bits per heavy atom. The molecule has 9 heteroatoms. The van der Waals surface area contributed by atoms with Gasteiger partial charge in [-0.2, -0.15) is 0 Å². The van der Waals surface area contributed by atoms with Gasteiger partial charge in [0.05, 0.1) is 10.9 Å². The molecule has 0 radical (unpaired) electrons. The van der Waals surface area contributed by atoms with Crippen LogP contribution in [0.15, 0.2) is 4.99 Å². The Hall–Kier alpha value is 0.600. The van der Waals surface area contributed by atoms with Crippen molar-refractivity contribution in [2.45, 2.75) is 7.22 Å². The minimum atomic E-state index is -0.876. The van der Waals surface area contributed by atoms with Crippen LogP contribution < -0.4 is 0 Å². The van der Waals surface area contributed by atoms with Gasteiger partial charge in [0.2, 0.25) is 7.22 Å². The third-order valence-electron chi connectivity index (χ3n) is 2.89. The van der Waals surface area contributed by atoms with Gasteiger partial charge in [0.15, 0.2) is 0 Å². The Kier molecular flexibility index (Phi) is 3.56. The molecular formula is C8H9I3N4O2. The highest BCUT2D eigenvalue weighted by atomic mass is 127. The number of amides is 3. The van der Waals surface area contributed by atoms with Crippen LogP contribution in [0.1, 0.15) is 0 Å². The predicted octanol–water partition coefficient (Wildman–Crippen LogP) is 1.47. The Morgan fingerprint density at radius 3 is 2.47 bits per heavy atom. The number of halogens is 3. The lowest BCUT2D eigenvalue weighted by molar-refractivity contribution is -0.137. The van der Waals surface area contributed by atoms with Crippen molar-refractivity contribution in [1.82, 2.24) is 14.7 Å². The zero-order chi connectivity index (χ0) is 13.0. The standard InChI is InChI=1S/C8H9I3N4O2/c1-13-4-12-8(11)7(13,10)5(16)14(2)6(17)15(8)3-9/h4H,3H2,1-2H3. The molecule has 2 rings (SSSR count). The van der Waals surface area contributed by atoms with E-state index in [9.17, 15) is 9.59 Å². The number of hydrogen-bond donors (Lipinski definition) is 0. The molecule has 2 unspecified atom stereocenters. The molecule has 3 amide bonds. The monoisotopic (exact) mass is 574 g/mol. The van der Waals surface area contributed by atoms with Gasteiger partial charge in [-0.15, -0.1) is 0 Å². The summed E-state index contributed by atoms with van der Waals surface area (Å²) in [6, 6.07) is -0.307. The molecule has 0 N–H and O–H groups in total. The van der Waals surface area contributed by atoms with Gasteiger partial charge in [0.1, 0.15) is 0 Å². The molecule has 2 aliphatic rings. The van der Waals surface area contributed by atoms with Crippen molar-refractivity contribution in [3.05, 3.63) is 0 Å². The first-order valence-electron chi connectivity index (χ1n) is 4.62. The molecule has 1 saturated heterocycles. The zero-order valence-corrected chi connectivity index (χ0v) is 15.5. The van der Waals surface area contributed by atoms with Gasteiger partial charge in [-0.25, -0.2) is 9.79 Å². The molecule has 2 aliphatic heterocycles. The first-order valence-corrected chi connectivity index (χ1v) is 8.31. The number of rotatable bonds is 1. The van der Waals surface area contributed by atoms with Crippen LogP contribution >= 0.6 is 67.8 Å². The summed E-state index contributed by atoms with van der Waals surface area (Å²) in [5, 5.41) is 0. The molecule has 0 bridgehead atoms. The van der Waals surface area contributed by atoms with Crippen molar-refractivity contribution in [1.29, 1.82) is 0 Å². The number of carbonyl (C=O) groups is 2. The van der Waals surface area contributed by atoms with Gasteiger partial charge >= 0.3 is 6.03 Å². The SMILES string of the molecule is CN1C(=O)N(CI)C2(I)N=CN(C)C2(I)C1=O. The minimum absolute atomic E-state index is 0.237. The number of carbonyl (C=O) groups excluding carboxylic acids is 2. The highest BCUT2D eigenvalue weighted by Crippen LogP contribution is 2.51. The molecule has 2 heterocycles. The van der Waals surface area contributed by atoms with E-state index in [-0.39, 0.29) is 11.9 Å². The fraction of sp³-hybridized carbons (Fsp3) is 0.625. The Bertz CT molecular complexity index is 431. The maximum Gasteiger partial charge on any atom is 0.329 e. The Labute approximate surface area is 140 Å². The van der Waals surface area contributed by atoms with Crippen molar-refractivity contribution in [3.63, 3.8) is 0 Å². The number of aliphatic imine (C=N–C) groups is 1. The smallest absolute Gasteiger partial charge is 0.329 e. The van der Waals surface area contributed by atoms with Gasteiger partial charge in [-0.3, -0.25) is 14.6 Å². The molecule has 0 aromatic rings. The van der Waals surface area contributed by atoms with Crippen molar-refractivity contribution < 1.29 is 9.59 Å². The maximum absolute atomic E-state index is 12.4. The minimum Gasteiger partial charge on any atom is -0.339 e. The van der Waals surface area contributed by atoms with E-state index in [1.807, 2.05) is 0 Å². The number of nitrogens with zero attached hydrogens (tertiary/aromatic N) is 4. The quantitative estimate of drug-likeness (QED) is 0.271. The van der Waals surface area contributed by atoms with Crippen molar-refractivity contribution >= 4 is 86.0 Å².